The first kappa shape index (κ1) is 15.5. The number of carbonyl (C=O) groups is 3. The second-order valence-corrected chi connectivity index (χ2v) is 5.98. The molecular weight excluding hydrogens is 250 g/mol. The second kappa shape index (κ2) is 5.59. The summed E-state index contributed by atoms with van der Waals surface area (Å²) in [4.78, 5) is 34.1. The number of hydrogen-bond acceptors (Lipinski definition) is 4. The van der Waals surface area contributed by atoms with E-state index >= 15 is 0 Å². The fourth-order valence-corrected chi connectivity index (χ4v) is 2.03. The number of aliphatic carboxylic acids is 1. The van der Waals surface area contributed by atoms with Gasteiger partial charge in [-0.2, -0.15) is 0 Å². The molecule has 0 aliphatic heterocycles. The molecule has 0 unspecified atom stereocenters. The van der Waals surface area contributed by atoms with Crippen molar-refractivity contribution in [3.05, 3.63) is 0 Å². The Hall–Kier alpha value is -1.59. The van der Waals surface area contributed by atoms with Crippen molar-refractivity contribution >= 4 is 17.8 Å². The topological polar surface area (TPSA) is 92.7 Å². The first-order valence-corrected chi connectivity index (χ1v) is 6.37. The number of Topliss-reactive ketones (excluding diaryl/α,β-unsaturated/α-hetero) is 1. The van der Waals surface area contributed by atoms with Crippen molar-refractivity contribution in [3.8, 4) is 0 Å². The number of ether oxygens (including phenoxy) is 1. The molecule has 0 bridgehead atoms. The van der Waals surface area contributed by atoms with Gasteiger partial charge in [0.1, 0.15) is 11.4 Å². The SMILES string of the molecule is CC(C)(C)OC(=O)NCC1(C(=O)O)CCC(=O)CC1. The Labute approximate surface area is 112 Å². The Balaban J connectivity index is 2.58. The average Bonchev–Trinajstić information content (AvgIpc) is 2.26. The maximum Gasteiger partial charge on any atom is 0.407 e. The van der Waals surface area contributed by atoms with Crippen molar-refractivity contribution in [1.82, 2.24) is 5.32 Å². The fraction of sp³-hybridized carbons (Fsp3) is 0.769. The van der Waals surface area contributed by atoms with E-state index in [2.05, 4.69) is 5.32 Å². The van der Waals surface area contributed by atoms with Crippen LogP contribution in [0.1, 0.15) is 46.5 Å². The van der Waals surface area contributed by atoms with E-state index in [9.17, 15) is 19.5 Å². The van der Waals surface area contributed by atoms with E-state index in [1.165, 1.54) is 0 Å². The van der Waals surface area contributed by atoms with E-state index < -0.39 is 23.1 Å². The van der Waals surface area contributed by atoms with Gasteiger partial charge in [0.2, 0.25) is 0 Å². The maximum atomic E-state index is 11.5. The van der Waals surface area contributed by atoms with Gasteiger partial charge in [0.15, 0.2) is 0 Å². The van der Waals surface area contributed by atoms with Crippen molar-refractivity contribution in [2.45, 2.75) is 52.1 Å². The molecule has 1 aliphatic carbocycles. The first-order valence-electron chi connectivity index (χ1n) is 6.37. The van der Waals surface area contributed by atoms with Crippen LogP contribution in [0.5, 0.6) is 0 Å². The third kappa shape index (κ3) is 4.54. The summed E-state index contributed by atoms with van der Waals surface area (Å²) in [6.45, 7) is 5.20. The Kier molecular flexibility index (Phi) is 4.55. The largest absolute Gasteiger partial charge is 0.481 e. The van der Waals surface area contributed by atoms with Crippen molar-refractivity contribution in [2.75, 3.05) is 6.54 Å². The molecular formula is C13H21NO5. The average molecular weight is 271 g/mol. The standard InChI is InChI=1S/C13H21NO5/c1-12(2,3)19-11(18)14-8-13(10(16)17)6-4-9(15)5-7-13/h4-8H2,1-3H3,(H,14,18)(H,16,17). The number of carboxylic acid groups (broad SMARTS) is 1. The number of carboxylic acids is 1. The molecule has 6 nitrogen and oxygen atoms in total. The molecule has 2 N–H and O–H groups in total. The molecule has 0 aromatic carbocycles. The number of carbonyl (C=O) groups excluding carboxylic acids is 2. The smallest absolute Gasteiger partial charge is 0.407 e. The lowest BCUT2D eigenvalue weighted by molar-refractivity contribution is -0.151. The van der Waals surface area contributed by atoms with Crippen molar-refractivity contribution in [1.29, 1.82) is 0 Å². The van der Waals surface area contributed by atoms with Gasteiger partial charge in [0.25, 0.3) is 0 Å². The van der Waals surface area contributed by atoms with Crippen LogP contribution >= 0.6 is 0 Å². The number of alkyl carbamates (subject to hydrolysis) is 1. The second-order valence-electron chi connectivity index (χ2n) is 5.98. The van der Waals surface area contributed by atoms with Gasteiger partial charge in [-0.05, 0) is 33.6 Å². The molecule has 0 spiro atoms. The molecule has 108 valence electrons. The van der Waals surface area contributed by atoms with Crippen molar-refractivity contribution in [2.24, 2.45) is 5.41 Å². The highest BCUT2D eigenvalue weighted by Crippen LogP contribution is 2.34. The highest BCUT2D eigenvalue weighted by Gasteiger charge is 2.42. The third-order valence-electron chi connectivity index (χ3n) is 3.19. The molecule has 1 fully saturated rings. The third-order valence-corrected chi connectivity index (χ3v) is 3.19. The van der Waals surface area contributed by atoms with E-state index in [1.807, 2.05) is 0 Å². The summed E-state index contributed by atoms with van der Waals surface area (Å²) in [5.74, 6) is -0.898. The Bertz CT molecular complexity index is 373. The quantitative estimate of drug-likeness (QED) is 0.815. The van der Waals surface area contributed by atoms with Gasteiger partial charge in [-0.15, -0.1) is 0 Å². The predicted molar refractivity (Wildman–Crippen MR) is 67.8 cm³/mol. The van der Waals surface area contributed by atoms with Gasteiger partial charge in [-0.1, -0.05) is 0 Å². The van der Waals surface area contributed by atoms with E-state index in [0.717, 1.165) is 0 Å². The predicted octanol–water partition coefficient (Wildman–Crippen LogP) is 1.73. The van der Waals surface area contributed by atoms with E-state index in [1.54, 1.807) is 20.8 Å². The Morgan fingerprint density at radius 2 is 1.84 bits per heavy atom. The minimum Gasteiger partial charge on any atom is -0.481 e. The van der Waals surface area contributed by atoms with Crippen LogP contribution in [0, 0.1) is 5.41 Å². The van der Waals surface area contributed by atoms with Crippen LogP contribution in [-0.4, -0.2) is 35.1 Å². The first-order chi connectivity index (χ1) is 8.65. The monoisotopic (exact) mass is 271 g/mol. The minimum absolute atomic E-state index is 0.00940. The zero-order valence-electron chi connectivity index (χ0n) is 11.6. The van der Waals surface area contributed by atoms with E-state index in [0.29, 0.717) is 0 Å². The summed E-state index contributed by atoms with van der Waals surface area (Å²) < 4.78 is 5.06. The van der Waals surface area contributed by atoms with Gasteiger partial charge in [0.05, 0.1) is 5.41 Å². The highest BCUT2D eigenvalue weighted by molar-refractivity contribution is 5.84. The van der Waals surface area contributed by atoms with Crippen LogP contribution in [0.15, 0.2) is 0 Å². The number of rotatable bonds is 3. The molecule has 1 aliphatic rings. The number of amides is 1. The van der Waals surface area contributed by atoms with Crippen molar-refractivity contribution in [3.63, 3.8) is 0 Å². The summed E-state index contributed by atoms with van der Waals surface area (Å²) >= 11 is 0. The molecule has 0 saturated heterocycles. The molecule has 0 radical (unpaired) electrons. The van der Waals surface area contributed by atoms with Crippen LogP contribution in [0.4, 0.5) is 4.79 Å². The van der Waals surface area contributed by atoms with Gasteiger partial charge in [-0.25, -0.2) is 4.79 Å². The lowest BCUT2D eigenvalue weighted by Gasteiger charge is -2.32. The molecule has 0 atom stereocenters. The van der Waals surface area contributed by atoms with Crippen molar-refractivity contribution < 1.29 is 24.2 Å². The molecule has 0 heterocycles. The van der Waals surface area contributed by atoms with Crippen LogP contribution in [0.2, 0.25) is 0 Å². The fourth-order valence-electron chi connectivity index (χ4n) is 2.03. The lowest BCUT2D eigenvalue weighted by Crippen LogP contribution is -2.46. The van der Waals surface area contributed by atoms with Crippen LogP contribution in [-0.2, 0) is 14.3 Å². The minimum atomic E-state index is -1.05. The molecule has 0 aromatic heterocycles. The highest BCUT2D eigenvalue weighted by atomic mass is 16.6. The summed E-state index contributed by atoms with van der Waals surface area (Å²) in [5.41, 5.74) is -1.67. The Morgan fingerprint density at radius 1 is 1.32 bits per heavy atom. The van der Waals surface area contributed by atoms with Gasteiger partial charge in [0, 0.05) is 19.4 Å². The van der Waals surface area contributed by atoms with Crippen LogP contribution in [0.25, 0.3) is 0 Å². The normalized spacial score (nSPS) is 18.8. The summed E-state index contributed by atoms with van der Waals surface area (Å²) in [5, 5.41) is 11.8. The molecule has 0 aromatic rings. The van der Waals surface area contributed by atoms with E-state index in [-0.39, 0.29) is 38.0 Å². The maximum absolute atomic E-state index is 11.5. The van der Waals surface area contributed by atoms with Gasteiger partial charge >= 0.3 is 12.1 Å². The molecule has 19 heavy (non-hydrogen) atoms. The molecule has 6 heteroatoms. The zero-order valence-corrected chi connectivity index (χ0v) is 11.6. The van der Waals surface area contributed by atoms with Gasteiger partial charge < -0.3 is 15.2 Å². The lowest BCUT2D eigenvalue weighted by atomic mass is 9.73. The number of nitrogens with one attached hydrogen (secondary N) is 1. The number of ketones is 1. The van der Waals surface area contributed by atoms with Crippen LogP contribution < -0.4 is 5.32 Å². The summed E-state index contributed by atoms with van der Waals surface area (Å²) in [6, 6.07) is 0. The summed E-state index contributed by atoms with van der Waals surface area (Å²) in [6.07, 6.45) is 0.392. The van der Waals surface area contributed by atoms with Gasteiger partial charge in [-0.3, -0.25) is 9.59 Å². The zero-order chi connectivity index (χ0) is 14.7. The molecule has 1 amide bonds. The van der Waals surface area contributed by atoms with Crippen LogP contribution in [0.3, 0.4) is 0 Å². The van der Waals surface area contributed by atoms with E-state index in [4.69, 9.17) is 4.74 Å². The number of hydrogen-bond donors (Lipinski definition) is 2. The summed E-state index contributed by atoms with van der Waals surface area (Å²) in [7, 11) is 0. The molecule has 1 rings (SSSR count). The Morgan fingerprint density at radius 3 is 2.26 bits per heavy atom. The molecule has 1 saturated carbocycles.